The van der Waals surface area contributed by atoms with Gasteiger partial charge in [0.05, 0.1) is 18.5 Å². The molecule has 0 saturated carbocycles. The molecule has 33 heavy (non-hydrogen) atoms. The molecule has 0 bridgehead atoms. The van der Waals surface area contributed by atoms with E-state index in [0.717, 1.165) is 55.4 Å². The van der Waals surface area contributed by atoms with Gasteiger partial charge in [-0.3, -0.25) is 4.90 Å². The van der Waals surface area contributed by atoms with Crippen LogP contribution in [0.3, 0.4) is 0 Å². The quantitative estimate of drug-likeness (QED) is 0.431. The fourth-order valence-electron chi connectivity index (χ4n) is 4.61. The molecule has 0 spiro atoms. The zero-order chi connectivity index (χ0) is 22.8. The van der Waals surface area contributed by atoms with Gasteiger partial charge in [0, 0.05) is 31.4 Å². The highest BCUT2D eigenvalue weighted by atomic mass is 16.5. The molecule has 0 radical (unpaired) electrons. The fraction of sp³-hybridized carbons (Fsp3) is 0.321. The smallest absolute Gasteiger partial charge is 0.137 e. The maximum Gasteiger partial charge on any atom is 0.137 e. The van der Waals surface area contributed by atoms with Gasteiger partial charge in [-0.1, -0.05) is 29.8 Å². The van der Waals surface area contributed by atoms with E-state index in [0.29, 0.717) is 0 Å². The van der Waals surface area contributed by atoms with Crippen LogP contribution in [-0.2, 0) is 6.54 Å². The molecule has 4 aromatic rings. The number of aryl methyl sites for hydroxylation is 1. The predicted molar refractivity (Wildman–Crippen MR) is 135 cm³/mol. The monoisotopic (exact) mass is 440 g/mol. The number of hydrogen-bond acceptors (Lipinski definition) is 4. The van der Waals surface area contributed by atoms with Crippen molar-refractivity contribution < 1.29 is 4.74 Å². The fourth-order valence-corrected chi connectivity index (χ4v) is 4.61. The molecule has 0 N–H and O–H groups in total. The minimum atomic E-state index is 0.862. The van der Waals surface area contributed by atoms with Crippen LogP contribution in [0.1, 0.15) is 17.7 Å². The van der Waals surface area contributed by atoms with E-state index in [2.05, 4.69) is 82.9 Å². The Hall–Kier alpha value is -3.15. The maximum absolute atomic E-state index is 5.37. The first-order valence-electron chi connectivity index (χ1n) is 11.7. The van der Waals surface area contributed by atoms with Crippen molar-refractivity contribution >= 4 is 5.65 Å². The molecule has 0 aliphatic carbocycles. The molecular formula is C28H32N4O. The van der Waals surface area contributed by atoms with Crippen molar-refractivity contribution in [2.75, 3.05) is 40.3 Å². The summed E-state index contributed by atoms with van der Waals surface area (Å²) in [6.07, 6.45) is 3.44. The predicted octanol–water partition coefficient (Wildman–Crippen LogP) is 5.12. The van der Waals surface area contributed by atoms with E-state index in [1.807, 2.05) is 12.1 Å². The molecule has 5 rings (SSSR count). The number of benzene rings is 2. The second-order valence-electron chi connectivity index (χ2n) is 9.08. The Bertz CT molecular complexity index is 1230. The van der Waals surface area contributed by atoms with Gasteiger partial charge in [0.1, 0.15) is 11.4 Å². The van der Waals surface area contributed by atoms with Crippen LogP contribution in [0, 0.1) is 6.92 Å². The lowest BCUT2D eigenvalue weighted by Crippen LogP contribution is -2.29. The Labute approximate surface area is 196 Å². The van der Waals surface area contributed by atoms with E-state index in [1.165, 1.54) is 28.8 Å². The van der Waals surface area contributed by atoms with Gasteiger partial charge in [-0.15, -0.1) is 0 Å². The molecule has 2 aromatic heterocycles. The number of nitrogens with zero attached hydrogens (tertiary/aromatic N) is 4. The van der Waals surface area contributed by atoms with Crippen molar-refractivity contribution in [1.82, 2.24) is 19.2 Å². The Morgan fingerprint density at radius 3 is 2.30 bits per heavy atom. The molecule has 3 heterocycles. The Balaban J connectivity index is 1.59. The summed E-state index contributed by atoms with van der Waals surface area (Å²) in [6, 6.07) is 21.3. The first-order chi connectivity index (χ1) is 16.1. The average molecular weight is 441 g/mol. The van der Waals surface area contributed by atoms with E-state index in [1.54, 1.807) is 7.11 Å². The molecular weight excluding hydrogens is 408 g/mol. The Morgan fingerprint density at radius 1 is 0.818 bits per heavy atom. The number of pyridine rings is 1. The lowest BCUT2D eigenvalue weighted by Gasteiger charge is -2.21. The van der Waals surface area contributed by atoms with E-state index < -0.39 is 0 Å². The van der Waals surface area contributed by atoms with Crippen molar-refractivity contribution in [3.63, 3.8) is 0 Å². The topological polar surface area (TPSA) is 33.0 Å². The van der Waals surface area contributed by atoms with Crippen LogP contribution < -0.4 is 4.74 Å². The summed E-state index contributed by atoms with van der Waals surface area (Å²) in [7, 11) is 3.92. The Kier molecular flexibility index (Phi) is 6.16. The SMILES string of the molecule is COc1ccc(-c2nc3ccc(-c4ccc(C)cc4)cn3c2CN2CCCN(C)CC2)cc1. The third-order valence-electron chi connectivity index (χ3n) is 6.65. The first kappa shape index (κ1) is 21.7. The highest BCUT2D eigenvalue weighted by molar-refractivity contribution is 5.70. The summed E-state index contributed by atoms with van der Waals surface area (Å²) in [5.41, 5.74) is 8.11. The number of fused-ring (bicyclic) bond motifs is 1. The highest BCUT2D eigenvalue weighted by Gasteiger charge is 2.19. The van der Waals surface area contributed by atoms with Crippen LogP contribution >= 0.6 is 0 Å². The van der Waals surface area contributed by atoms with Crippen LogP contribution in [0.25, 0.3) is 28.0 Å². The van der Waals surface area contributed by atoms with Crippen LogP contribution in [0.2, 0.25) is 0 Å². The molecule has 0 amide bonds. The number of rotatable bonds is 5. The summed E-state index contributed by atoms with van der Waals surface area (Å²) in [6.45, 7) is 7.45. The summed E-state index contributed by atoms with van der Waals surface area (Å²) in [5.74, 6) is 0.862. The number of ether oxygens (including phenoxy) is 1. The molecule has 1 fully saturated rings. The number of likely N-dealkylation sites (N-methyl/N-ethyl adjacent to an activating group) is 1. The molecule has 1 aliphatic heterocycles. The normalized spacial score (nSPS) is 15.6. The summed E-state index contributed by atoms with van der Waals surface area (Å²) < 4.78 is 7.67. The van der Waals surface area contributed by atoms with Crippen LogP contribution in [0.5, 0.6) is 5.75 Å². The molecule has 1 saturated heterocycles. The van der Waals surface area contributed by atoms with E-state index in [4.69, 9.17) is 9.72 Å². The second-order valence-corrected chi connectivity index (χ2v) is 9.08. The van der Waals surface area contributed by atoms with Crippen LogP contribution in [0.15, 0.2) is 66.9 Å². The lowest BCUT2D eigenvalue weighted by atomic mass is 10.1. The standard InChI is InChI=1S/C28H32N4O/c1-21-5-7-22(8-6-21)24-11-14-27-29-28(23-9-12-25(33-3)13-10-23)26(32(27)19-24)20-31-16-4-15-30(2)17-18-31/h5-14,19H,4,15-18,20H2,1-3H3. The van der Waals surface area contributed by atoms with Gasteiger partial charge in [0.25, 0.3) is 0 Å². The Morgan fingerprint density at radius 2 is 1.55 bits per heavy atom. The third kappa shape index (κ3) is 4.65. The van der Waals surface area contributed by atoms with Gasteiger partial charge in [-0.25, -0.2) is 4.98 Å². The van der Waals surface area contributed by atoms with Crippen molar-refractivity contribution in [3.05, 3.63) is 78.1 Å². The lowest BCUT2D eigenvalue weighted by molar-refractivity contribution is 0.266. The van der Waals surface area contributed by atoms with Crippen LogP contribution in [-0.4, -0.2) is 59.5 Å². The summed E-state index contributed by atoms with van der Waals surface area (Å²) in [5, 5.41) is 0. The number of methoxy groups -OCH3 is 1. The van der Waals surface area contributed by atoms with Gasteiger partial charge in [0.2, 0.25) is 0 Å². The highest BCUT2D eigenvalue weighted by Crippen LogP contribution is 2.30. The van der Waals surface area contributed by atoms with E-state index in [-0.39, 0.29) is 0 Å². The van der Waals surface area contributed by atoms with Gasteiger partial charge in [-0.2, -0.15) is 0 Å². The van der Waals surface area contributed by atoms with Crippen molar-refractivity contribution in [3.8, 4) is 28.1 Å². The molecule has 1 aliphatic rings. The number of aromatic nitrogens is 2. The summed E-state index contributed by atoms with van der Waals surface area (Å²) >= 11 is 0. The average Bonchev–Trinajstić information content (AvgIpc) is 3.06. The number of hydrogen-bond donors (Lipinski definition) is 0. The molecule has 170 valence electrons. The van der Waals surface area contributed by atoms with Crippen LogP contribution in [0.4, 0.5) is 0 Å². The van der Waals surface area contributed by atoms with Crippen molar-refractivity contribution in [2.24, 2.45) is 0 Å². The molecule has 0 atom stereocenters. The van der Waals surface area contributed by atoms with Gasteiger partial charge in [0.15, 0.2) is 0 Å². The minimum Gasteiger partial charge on any atom is -0.497 e. The zero-order valence-corrected chi connectivity index (χ0v) is 19.8. The molecule has 5 nitrogen and oxygen atoms in total. The minimum absolute atomic E-state index is 0.862. The van der Waals surface area contributed by atoms with Gasteiger partial charge < -0.3 is 14.0 Å². The van der Waals surface area contributed by atoms with Crippen molar-refractivity contribution in [2.45, 2.75) is 19.9 Å². The van der Waals surface area contributed by atoms with Gasteiger partial charge in [-0.05, 0) is 81.0 Å². The third-order valence-corrected chi connectivity index (χ3v) is 6.65. The van der Waals surface area contributed by atoms with E-state index in [9.17, 15) is 0 Å². The van der Waals surface area contributed by atoms with Gasteiger partial charge >= 0.3 is 0 Å². The number of imidazole rings is 1. The second kappa shape index (κ2) is 9.38. The maximum atomic E-state index is 5.37. The molecule has 5 heteroatoms. The molecule has 0 unspecified atom stereocenters. The zero-order valence-electron chi connectivity index (χ0n) is 19.8. The molecule has 2 aromatic carbocycles. The first-order valence-corrected chi connectivity index (χ1v) is 11.7. The largest absolute Gasteiger partial charge is 0.497 e. The summed E-state index contributed by atoms with van der Waals surface area (Å²) in [4.78, 5) is 10.1. The van der Waals surface area contributed by atoms with E-state index >= 15 is 0 Å². The van der Waals surface area contributed by atoms with Crippen molar-refractivity contribution in [1.29, 1.82) is 0 Å².